The predicted molar refractivity (Wildman–Crippen MR) is 120 cm³/mol. The summed E-state index contributed by atoms with van der Waals surface area (Å²) in [6.07, 6.45) is 3.90. The number of hydrogen-bond acceptors (Lipinski definition) is 5. The molecule has 156 valence electrons. The smallest absolute Gasteiger partial charge is 0.191 e. The predicted octanol–water partition coefficient (Wildman–Crippen LogP) is 2.10. The molecule has 1 atom stereocenters. The van der Waals surface area contributed by atoms with E-state index in [1.807, 2.05) is 18.2 Å². The average Bonchev–Trinajstić information content (AvgIpc) is 3.43. The van der Waals surface area contributed by atoms with Gasteiger partial charge in [-0.05, 0) is 31.2 Å². The van der Waals surface area contributed by atoms with Crippen molar-refractivity contribution < 1.29 is 17.9 Å². The number of fused-ring (bicyclic) bond motifs is 1. The van der Waals surface area contributed by atoms with Crippen molar-refractivity contribution in [1.82, 2.24) is 10.6 Å². The first kappa shape index (κ1) is 21.5. The summed E-state index contributed by atoms with van der Waals surface area (Å²) < 4.78 is 34.9. The van der Waals surface area contributed by atoms with Crippen LogP contribution in [0.3, 0.4) is 0 Å². The first-order chi connectivity index (χ1) is 13.1. The van der Waals surface area contributed by atoms with E-state index in [4.69, 9.17) is 14.5 Å². The van der Waals surface area contributed by atoms with Crippen LogP contribution in [0.1, 0.15) is 31.2 Å². The number of aliphatic imine (C=N–C) groups is 1. The van der Waals surface area contributed by atoms with Gasteiger partial charge in [-0.1, -0.05) is 12.1 Å². The van der Waals surface area contributed by atoms with Gasteiger partial charge in [0.2, 0.25) is 0 Å². The fourth-order valence-corrected chi connectivity index (χ4v) is 5.25. The third-order valence-corrected chi connectivity index (χ3v) is 6.90. The average molecular weight is 521 g/mol. The standard InChI is InChI=1S/C19H27N3O4S.HI/c23-27(24)10-7-14(13-27)11-20-19(22-16-5-6-16)21-12-15-3-1-4-17-18(15)26-9-2-8-25-17;/h1,3-4,14,16H,2,5-13H2,(H2,20,21,22);1H. The Labute approximate surface area is 183 Å². The largest absolute Gasteiger partial charge is 0.490 e. The van der Waals surface area contributed by atoms with Crippen molar-refractivity contribution in [2.24, 2.45) is 10.9 Å². The van der Waals surface area contributed by atoms with E-state index in [2.05, 4.69) is 10.6 Å². The molecule has 1 unspecified atom stereocenters. The van der Waals surface area contributed by atoms with Gasteiger partial charge in [-0.25, -0.2) is 13.4 Å². The third kappa shape index (κ3) is 5.88. The molecular weight excluding hydrogens is 493 g/mol. The van der Waals surface area contributed by atoms with E-state index in [0.717, 1.165) is 48.7 Å². The number of rotatable bonds is 5. The van der Waals surface area contributed by atoms with Crippen LogP contribution in [0, 0.1) is 5.92 Å². The highest BCUT2D eigenvalue weighted by Gasteiger charge is 2.28. The molecule has 2 heterocycles. The highest BCUT2D eigenvalue weighted by Crippen LogP contribution is 2.33. The van der Waals surface area contributed by atoms with Crippen molar-refractivity contribution in [3.63, 3.8) is 0 Å². The zero-order valence-corrected chi connectivity index (χ0v) is 19.0. The van der Waals surface area contributed by atoms with E-state index in [0.29, 0.717) is 38.1 Å². The Hall–Kier alpha value is -1.23. The number of nitrogens with zero attached hydrogens (tertiary/aromatic N) is 1. The van der Waals surface area contributed by atoms with Crippen molar-refractivity contribution in [3.8, 4) is 11.5 Å². The molecule has 0 radical (unpaired) electrons. The van der Waals surface area contributed by atoms with E-state index in [1.54, 1.807) is 0 Å². The summed E-state index contributed by atoms with van der Waals surface area (Å²) >= 11 is 0. The lowest BCUT2D eigenvalue weighted by atomic mass is 10.1. The topological polar surface area (TPSA) is 89.0 Å². The first-order valence-electron chi connectivity index (χ1n) is 9.72. The van der Waals surface area contributed by atoms with Gasteiger partial charge in [0, 0.05) is 24.6 Å². The van der Waals surface area contributed by atoms with E-state index >= 15 is 0 Å². The fraction of sp³-hybridized carbons (Fsp3) is 0.632. The number of sulfone groups is 1. The number of halogens is 1. The summed E-state index contributed by atoms with van der Waals surface area (Å²) in [6, 6.07) is 6.37. The Morgan fingerprint density at radius 1 is 1.18 bits per heavy atom. The molecule has 1 aliphatic carbocycles. The molecule has 2 aliphatic heterocycles. The summed E-state index contributed by atoms with van der Waals surface area (Å²) in [5.74, 6) is 3.04. The van der Waals surface area contributed by atoms with Gasteiger partial charge in [0.25, 0.3) is 0 Å². The molecule has 9 heteroatoms. The highest BCUT2D eigenvalue weighted by atomic mass is 127. The Bertz CT molecular complexity index is 811. The van der Waals surface area contributed by atoms with Crippen molar-refractivity contribution in [2.75, 3.05) is 31.3 Å². The molecule has 0 bridgehead atoms. The second kappa shape index (κ2) is 9.51. The molecule has 1 aromatic rings. The summed E-state index contributed by atoms with van der Waals surface area (Å²) in [5.41, 5.74) is 0.995. The number of nitrogens with one attached hydrogen (secondary N) is 2. The monoisotopic (exact) mass is 521 g/mol. The third-order valence-electron chi connectivity index (χ3n) is 5.06. The molecule has 7 nitrogen and oxygen atoms in total. The fourth-order valence-electron chi connectivity index (χ4n) is 3.39. The molecule has 4 rings (SSSR count). The molecule has 1 saturated heterocycles. The molecule has 2 fully saturated rings. The Kier molecular flexibility index (Phi) is 7.30. The Morgan fingerprint density at radius 2 is 2.00 bits per heavy atom. The minimum absolute atomic E-state index is 0. The van der Waals surface area contributed by atoms with E-state index in [1.165, 1.54) is 0 Å². The zero-order valence-electron chi connectivity index (χ0n) is 15.9. The highest BCUT2D eigenvalue weighted by molar-refractivity contribution is 14.0. The zero-order chi connectivity index (χ0) is 18.7. The van der Waals surface area contributed by atoms with Gasteiger partial charge in [0.15, 0.2) is 27.3 Å². The van der Waals surface area contributed by atoms with Crippen LogP contribution < -0.4 is 20.1 Å². The maximum absolute atomic E-state index is 11.6. The molecule has 28 heavy (non-hydrogen) atoms. The van der Waals surface area contributed by atoms with E-state index in [-0.39, 0.29) is 35.6 Å². The summed E-state index contributed by atoms with van der Waals surface area (Å²) in [6.45, 7) is 2.43. The molecule has 0 amide bonds. The van der Waals surface area contributed by atoms with E-state index < -0.39 is 9.84 Å². The quantitative estimate of drug-likeness (QED) is 0.351. The number of benzene rings is 1. The van der Waals surface area contributed by atoms with Crippen LogP contribution in [0.5, 0.6) is 11.5 Å². The van der Waals surface area contributed by atoms with Gasteiger partial charge in [0.05, 0.1) is 31.3 Å². The minimum atomic E-state index is -2.85. The van der Waals surface area contributed by atoms with Crippen LogP contribution in [0.15, 0.2) is 23.2 Å². The molecular formula is C19H28IN3O4S. The molecule has 0 aromatic heterocycles. The lowest BCUT2D eigenvalue weighted by Gasteiger charge is -2.16. The SMILES string of the molecule is I.O=S1(=O)CCC(CNC(=NCc2cccc3c2OCCCO3)NC2CC2)C1. The van der Waals surface area contributed by atoms with Gasteiger partial charge in [-0.3, -0.25) is 0 Å². The molecule has 3 aliphatic rings. The summed E-state index contributed by atoms with van der Waals surface area (Å²) in [5, 5.41) is 6.75. The summed E-state index contributed by atoms with van der Waals surface area (Å²) in [4.78, 5) is 4.72. The second-order valence-corrected chi connectivity index (χ2v) is 9.76. The van der Waals surface area contributed by atoms with Gasteiger partial charge in [-0.2, -0.15) is 0 Å². The molecule has 2 N–H and O–H groups in total. The molecule has 1 aromatic carbocycles. The maximum atomic E-state index is 11.6. The maximum Gasteiger partial charge on any atom is 0.191 e. The Balaban J connectivity index is 0.00000225. The number of guanidine groups is 1. The van der Waals surface area contributed by atoms with Crippen LogP contribution >= 0.6 is 24.0 Å². The molecule has 0 spiro atoms. The minimum Gasteiger partial charge on any atom is -0.490 e. The van der Waals surface area contributed by atoms with Crippen molar-refractivity contribution in [1.29, 1.82) is 0 Å². The Morgan fingerprint density at radius 3 is 2.75 bits per heavy atom. The lowest BCUT2D eigenvalue weighted by molar-refractivity contribution is 0.296. The second-order valence-electron chi connectivity index (χ2n) is 7.53. The van der Waals surface area contributed by atoms with Crippen LogP contribution in [-0.4, -0.2) is 51.7 Å². The van der Waals surface area contributed by atoms with Crippen molar-refractivity contribution in [2.45, 2.75) is 38.3 Å². The van der Waals surface area contributed by atoms with Gasteiger partial charge >= 0.3 is 0 Å². The van der Waals surface area contributed by atoms with Gasteiger partial charge < -0.3 is 20.1 Å². The van der Waals surface area contributed by atoms with Gasteiger partial charge in [0.1, 0.15) is 0 Å². The van der Waals surface area contributed by atoms with Crippen LogP contribution in [-0.2, 0) is 16.4 Å². The van der Waals surface area contributed by atoms with Crippen LogP contribution in [0.2, 0.25) is 0 Å². The van der Waals surface area contributed by atoms with Crippen molar-refractivity contribution >= 4 is 39.8 Å². The van der Waals surface area contributed by atoms with Crippen LogP contribution in [0.25, 0.3) is 0 Å². The number of ether oxygens (including phenoxy) is 2. The van der Waals surface area contributed by atoms with Crippen LogP contribution in [0.4, 0.5) is 0 Å². The van der Waals surface area contributed by atoms with Crippen molar-refractivity contribution in [3.05, 3.63) is 23.8 Å². The lowest BCUT2D eigenvalue weighted by Crippen LogP contribution is -2.41. The number of hydrogen-bond donors (Lipinski definition) is 2. The summed E-state index contributed by atoms with van der Waals surface area (Å²) in [7, 11) is -2.85. The van der Waals surface area contributed by atoms with E-state index in [9.17, 15) is 8.42 Å². The molecule has 1 saturated carbocycles. The van der Waals surface area contributed by atoms with Gasteiger partial charge in [-0.15, -0.1) is 24.0 Å². The number of para-hydroxylation sites is 1. The normalized spacial score (nSPS) is 23.4. The first-order valence-corrected chi connectivity index (χ1v) is 11.5.